The number of rotatable bonds is 4. The molecule has 0 unspecified atom stereocenters. The van der Waals surface area contributed by atoms with Crippen molar-refractivity contribution in [1.29, 1.82) is 5.41 Å². The fraction of sp³-hybridized carbons (Fsp3) is 0.0714. The highest BCUT2D eigenvalue weighted by atomic mass is 32.2. The van der Waals surface area contributed by atoms with E-state index >= 15 is 0 Å². The number of para-hydroxylation sites is 2. The second-order valence-electron chi connectivity index (χ2n) is 4.27. The fourth-order valence-corrected chi connectivity index (χ4v) is 2.81. The highest BCUT2D eigenvalue weighted by Crippen LogP contribution is 2.23. The lowest BCUT2D eigenvalue weighted by molar-refractivity contribution is 1.08. The summed E-state index contributed by atoms with van der Waals surface area (Å²) in [6, 6.07) is 11.7. The van der Waals surface area contributed by atoms with Crippen molar-refractivity contribution >= 4 is 28.6 Å². The number of pyridine rings is 1. The number of hydrogen-bond acceptors (Lipinski definition) is 4. The van der Waals surface area contributed by atoms with E-state index in [0.717, 1.165) is 21.8 Å². The Hall–Kier alpha value is -2.34. The van der Waals surface area contributed by atoms with Gasteiger partial charge in [-0.2, -0.15) is 0 Å². The van der Waals surface area contributed by atoms with Gasteiger partial charge in [0.1, 0.15) is 11.5 Å². The first-order valence-electron chi connectivity index (χ1n) is 6.10. The van der Waals surface area contributed by atoms with Crippen LogP contribution < -0.4 is 5.73 Å². The Bertz CT molecular complexity index is 732. The van der Waals surface area contributed by atoms with Crippen LogP contribution in [-0.2, 0) is 5.75 Å². The lowest BCUT2D eigenvalue weighted by atomic mass is 10.2. The van der Waals surface area contributed by atoms with Crippen LogP contribution in [0.1, 0.15) is 11.3 Å². The van der Waals surface area contributed by atoms with Crippen LogP contribution in [0, 0.1) is 5.41 Å². The van der Waals surface area contributed by atoms with Gasteiger partial charge >= 0.3 is 0 Å². The first-order valence-corrected chi connectivity index (χ1v) is 7.08. The maximum atomic E-state index is 7.53. The normalized spacial score (nSPS) is 10.8. The molecule has 2 aromatic heterocycles. The van der Waals surface area contributed by atoms with Crippen LogP contribution in [0.5, 0.6) is 0 Å². The maximum Gasteiger partial charge on any atom is 0.166 e. The van der Waals surface area contributed by atoms with Gasteiger partial charge in [-0.05, 0) is 23.8 Å². The third kappa shape index (κ3) is 2.50. The number of nitrogens with zero attached hydrogens (tertiary/aromatic N) is 2. The van der Waals surface area contributed by atoms with Crippen LogP contribution in [0.3, 0.4) is 0 Å². The number of nitrogens with two attached hydrogens (primary N) is 1. The van der Waals surface area contributed by atoms with Gasteiger partial charge in [0.15, 0.2) is 5.16 Å². The molecule has 0 atom stereocenters. The van der Waals surface area contributed by atoms with Gasteiger partial charge in [-0.1, -0.05) is 30.0 Å². The molecule has 4 N–H and O–H groups in total. The lowest BCUT2D eigenvalue weighted by Gasteiger charge is -2.05. The smallest absolute Gasteiger partial charge is 0.166 e. The summed E-state index contributed by atoms with van der Waals surface area (Å²) >= 11 is 1.57. The summed E-state index contributed by atoms with van der Waals surface area (Å²) in [4.78, 5) is 11.9. The number of amidine groups is 1. The SMILES string of the molecule is N=C(N)c1ncccc1CSc1nc2ccccc2[nH]1. The van der Waals surface area contributed by atoms with Crippen molar-refractivity contribution in [3.05, 3.63) is 53.9 Å². The third-order valence-corrected chi connectivity index (χ3v) is 3.80. The Kier molecular flexibility index (Phi) is 3.39. The minimum Gasteiger partial charge on any atom is -0.382 e. The number of nitrogens with one attached hydrogen (secondary N) is 2. The Morgan fingerprint density at radius 1 is 1.25 bits per heavy atom. The summed E-state index contributed by atoms with van der Waals surface area (Å²) in [6.45, 7) is 0. The second-order valence-corrected chi connectivity index (χ2v) is 5.24. The Morgan fingerprint density at radius 2 is 2.10 bits per heavy atom. The largest absolute Gasteiger partial charge is 0.382 e. The predicted molar refractivity (Wildman–Crippen MR) is 80.9 cm³/mol. The van der Waals surface area contributed by atoms with Crippen molar-refractivity contribution in [2.75, 3.05) is 0 Å². The Labute approximate surface area is 120 Å². The highest BCUT2D eigenvalue weighted by Gasteiger charge is 2.08. The van der Waals surface area contributed by atoms with Gasteiger partial charge in [0, 0.05) is 11.9 Å². The van der Waals surface area contributed by atoms with E-state index in [1.165, 1.54) is 0 Å². The molecule has 0 aliphatic heterocycles. The van der Waals surface area contributed by atoms with Crippen LogP contribution in [0.15, 0.2) is 47.8 Å². The van der Waals surface area contributed by atoms with Crippen molar-refractivity contribution in [2.45, 2.75) is 10.9 Å². The molecule has 0 saturated carbocycles. The summed E-state index contributed by atoms with van der Waals surface area (Å²) in [7, 11) is 0. The number of H-pyrrole nitrogens is 1. The van der Waals surface area contributed by atoms with Gasteiger partial charge in [0.25, 0.3) is 0 Å². The average molecular weight is 283 g/mol. The number of benzene rings is 1. The standard InChI is InChI=1S/C14H13N5S/c15-13(16)12-9(4-3-7-17-12)8-20-14-18-10-5-1-2-6-11(10)19-14/h1-7H,8H2,(H3,15,16)(H,18,19). The molecular weight excluding hydrogens is 270 g/mol. The van der Waals surface area contributed by atoms with Gasteiger partial charge in [0.2, 0.25) is 0 Å². The average Bonchev–Trinajstić information content (AvgIpc) is 2.88. The van der Waals surface area contributed by atoms with Gasteiger partial charge in [-0.3, -0.25) is 10.4 Å². The van der Waals surface area contributed by atoms with Crippen molar-refractivity contribution in [3.8, 4) is 0 Å². The van der Waals surface area contributed by atoms with Crippen LogP contribution in [-0.4, -0.2) is 20.8 Å². The molecule has 0 saturated heterocycles. The van der Waals surface area contributed by atoms with E-state index in [1.54, 1.807) is 18.0 Å². The summed E-state index contributed by atoms with van der Waals surface area (Å²) in [6.07, 6.45) is 1.64. The summed E-state index contributed by atoms with van der Waals surface area (Å²) < 4.78 is 0. The molecule has 0 bridgehead atoms. The van der Waals surface area contributed by atoms with Crippen molar-refractivity contribution in [1.82, 2.24) is 15.0 Å². The van der Waals surface area contributed by atoms with E-state index in [4.69, 9.17) is 11.1 Å². The highest BCUT2D eigenvalue weighted by molar-refractivity contribution is 7.98. The van der Waals surface area contributed by atoms with E-state index in [9.17, 15) is 0 Å². The minimum absolute atomic E-state index is 0.00851. The first kappa shape index (κ1) is 12.7. The number of thioether (sulfide) groups is 1. The molecule has 0 spiro atoms. The zero-order chi connectivity index (χ0) is 13.9. The van der Waals surface area contributed by atoms with Crippen LogP contribution >= 0.6 is 11.8 Å². The van der Waals surface area contributed by atoms with Gasteiger partial charge < -0.3 is 10.7 Å². The molecule has 3 aromatic rings. The molecule has 5 nitrogen and oxygen atoms in total. The molecular formula is C14H13N5S. The number of aromatic amines is 1. The number of imidazole rings is 1. The zero-order valence-corrected chi connectivity index (χ0v) is 11.4. The number of aromatic nitrogens is 3. The molecule has 100 valence electrons. The molecule has 0 aliphatic rings. The second kappa shape index (κ2) is 5.34. The zero-order valence-electron chi connectivity index (χ0n) is 10.6. The summed E-state index contributed by atoms with van der Waals surface area (Å²) in [5.41, 5.74) is 8.98. The van der Waals surface area contributed by atoms with Gasteiger partial charge in [-0.15, -0.1) is 0 Å². The van der Waals surface area contributed by atoms with Crippen LogP contribution in [0.2, 0.25) is 0 Å². The first-order chi connectivity index (χ1) is 9.74. The third-order valence-electron chi connectivity index (χ3n) is 2.88. The summed E-state index contributed by atoms with van der Waals surface area (Å²) in [5, 5.41) is 8.38. The van der Waals surface area contributed by atoms with Crippen molar-refractivity contribution < 1.29 is 0 Å². The van der Waals surface area contributed by atoms with Gasteiger partial charge in [-0.25, -0.2) is 4.98 Å². The maximum absolute atomic E-state index is 7.53. The predicted octanol–water partition coefficient (Wildman–Crippen LogP) is 2.53. The Morgan fingerprint density at radius 3 is 2.90 bits per heavy atom. The number of nitrogen functional groups attached to an aromatic ring is 1. The molecule has 0 amide bonds. The van der Waals surface area contributed by atoms with Crippen molar-refractivity contribution in [2.24, 2.45) is 5.73 Å². The van der Waals surface area contributed by atoms with E-state index in [0.29, 0.717) is 11.4 Å². The molecule has 0 radical (unpaired) electrons. The van der Waals surface area contributed by atoms with Crippen LogP contribution in [0.4, 0.5) is 0 Å². The van der Waals surface area contributed by atoms with E-state index in [-0.39, 0.29) is 5.84 Å². The molecule has 1 aromatic carbocycles. The molecule has 0 aliphatic carbocycles. The molecule has 6 heteroatoms. The van der Waals surface area contributed by atoms with E-state index < -0.39 is 0 Å². The van der Waals surface area contributed by atoms with E-state index in [1.807, 2.05) is 36.4 Å². The van der Waals surface area contributed by atoms with E-state index in [2.05, 4.69) is 15.0 Å². The molecule has 20 heavy (non-hydrogen) atoms. The van der Waals surface area contributed by atoms with Crippen LogP contribution in [0.25, 0.3) is 11.0 Å². The van der Waals surface area contributed by atoms with Crippen molar-refractivity contribution in [3.63, 3.8) is 0 Å². The minimum atomic E-state index is -0.00851. The molecule has 3 rings (SSSR count). The molecule has 2 heterocycles. The Balaban J connectivity index is 1.81. The number of fused-ring (bicyclic) bond motifs is 1. The fourth-order valence-electron chi connectivity index (χ4n) is 1.94. The topological polar surface area (TPSA) is 91.4 Å². The van der Waals surface area contributed by atoms with Gasteiger partial charge in [0.05, 0.1) is 11.0 Å². The quantitative estimate of drug-likeness (QED) is 0.390. The number of hydrogen-bond donors (Lipinski definition) is 3. The summed E-state index contributed by atoms with van der Waals surface area (Å²) in [5.74, 6) is 0.661. The lowest BCUT2D eigenvalue weighted by Crippen LogP contribution is -2.15. The molecule has 0 fully saturated rings. The monoisotopic (exact) mass is 283 g/mol.